The van der Waals surface area contributed by atoms with Crippen LogP contribution >= 0.6 is 11.6 Å². The van der Waals surface area contributed by atoms with Crippen LogP contribution in [0.25, 0.3) is 0 Å². The molecule has 106 valence electrons. The summed E-state index contributed by atoms with van der Waals surface area (Å²) >= 11 is 6.18. The lowest BCUT2D eigenvalue weighted by molar-refractivity contribution is 0.356. The molecule has 0 spiro atoms. The van der Waals surface area contributed by atoms with Gasteiger partial charge in [0.2, 0.25) is 5.95 Å². The minimum atomic E-state index is 0.578. The molecule has 1 heterocycles. The molecule has 0 atom stereocenters. The van der Waals surface area contributed by atoms with E-state index in [9.17, 15) is 0 Å². The lowest BCUT2D eigenvalue weighted by Gasteiger charge is -2.24. The first-order valence-corrected chi connectivity index (χ1v) is 7.68. The Labute approximate surface area is 125 Å². The smallest absolute Gasteiger partial charge is 0.207 e. The predicted molar refractivity (Wildman–Crippen MR) is 83.8 cm³/mol. The minimum Gasteiger partial charge on any atom is -0.326 e. The summed E-state index contributed by atoms with van der Waals surface area (Å²) in [6.07, 6.45) is 10.4. The van der Waals surface area contributed by atoms with Crippen LogP contribution in [-0.2, 0) is 0 Å². The number of anilines is 2. The van der Waals surface area contributed by atoms with Crippen LogP contribution in [0.2, 0.25) is 5.02 Å². The topological polar surface area (TPSA) is 29.9 Å². The molecule has 20 heavy (non-hydrogen) atoms. The number of nitrogens with zero attached hydrogens (tertiary/aromatic N) is 2. The molecule has 0 unspecified atom stereocenters. The fourth-order valence-corrected chi connectivity index (χ4v) is 3.04. The van der Waals surface area contributed by atoms with Gasteiger partial charge in [0.15, 0.2) is 0 Å². The van der Waals surface area contributed by atoms with Crippen molar-refractivity contribution in [2.75, 3.05) is 5.32 Å². The van der Waals surface area contributed by atoms with Gasteiger partial charge in [-0.2, -0.15) is 0 Å². The highest BCUT2D eigenvalue weighted by Gasteiger charge is 2.17. The maximum Gasteiger partial charge on any atom is 0.207 e. The number of nitrogens with one attached hydrogen (secondary N) is 1. The second-order valence-electron chi connectivity index (χ2n) is 5.54. The SMILES string of the molecule is Cc1ccc(Nc2nccn2C2CCCCC2)cc1Cl. The van der Waals surface area contributed by atoms with Gasteiger partial charge in [0.25, 0.3) is 0 Å². The molecule has 1 aromatic heterocycles. The normalized spacial score (nSPS) is 16.3. The number of hydrogen-bond acceptors (Lipinski definition) is 2. The quantitative estimate of drug-likeness (QED) is 0.852. The molecule has 0 aliphatic heterocycles. The van der Waals surface area contributed by atoms with Crippen molar-refractivity contribution in [3.63, 3.8) is 0 Å². The van der Waals surface area contributed by atoms with Crippen molar-refractivity contribution in [3.05, 3.63) is 41.2 Å². The summed E-state index contributed by atoms with van der Waals surface area (Å²) < 4.78 is 2.27. The van der Waals surface area contributed by atoms with E-state index in [-0.39, 0.29) is 0 Å². The Morgan fingerprint density at radius 3 is 2.80 bits per heavy atom. The number of aromatic nitrogens is 2. The highest BCUT2D eigenvalue weighted by Crippen LogP contribution is 2.31. The third-order valence-corrected chi connectivity index (χ3v) is 4.47. The number of imidazole rings is 1. The molecule has 1 aromatic carbocycles. The Kier molecular flexibility index (Phi) is 3.97. The molecule has 3 rings (SSSR count). The standard InChI is InChI=1S/C16H20ClN3/c1-12-7-8-13(11-15(12)17)19-16-18-9-10-20(16)14-5-3-2-4-6-14/h7-11,14H,2-6H2,1H3,(H,18,19). The molecular weight excluding hydrogens is 270 g/mol. The van der Waals surface area contributed by atoms with Crippen LogP contribution in [0.5, 0.6) is 0 Å². The number of aryl methyl sites for hydroxylation is 1. The lowest BCUT2D eigenvalue weighted by atomic mass is 9.95. The van der Waals surface area contributed by atoms with Gasteiger partial charge in [-0.3, -0.25) is 0 Å². The van der Waals surface area contributed by atoms with E-state index >= 15 is 0 Å². The highest BCUT2D eigenvalue weighted by molar-refractivity contribution is 6.31. The van der Waals surface area contributed by atoms with Crippen LogP contribution in [0.15, 0.2) is 30.6 Å². The molecule has 0 radical (unpaired) electrons. The van der Waals surface area contributed by atoms with Crippen molar-refractivity contribution in [1.82, 2.24) is 9.55 Å². The summed E-state index contributed by atoms with van der Waals surface area (Å²) in [6, 6.07) is 6.60. The first-order chi connectivity index (χ1) is 9.74. The maximum atomic E-state index is 6.18. The van der Waals surface area contributed by atoms with E-state index in [0.29, 0.717) is 6.04 Å². The van der Waals surface area contributed by atoms with E-state index in [4.69, 9.17) is 11.6 Å². The third kappa shape index (κ3) is 2.83. The van der Waals surface area contributed by atoms with Gasteiger partial charge in [-0.1, -0.05) is 36.9 Å². The molecule has 0 saturated heterocycles. The molecular formula is C16H20ClN3. The van der Waals surface area contributed by atoms with Crippen LogP contribution in [0, 0.1) is 6.92 Å². The van der Waals surface area contributed by atoms with Gasteiger partial charge in [-0.25, -0.2) is 4.98 Å². The van der Waals surface area contributed by atoms with E-state index in [1.807, 2.05) is 31.3 Å². The molecule has 4 heteroatoms. The van der Waals surface area contributed by atoms with Crippen LogP contribution in [0.1, 0.15) is 43.7 Å². The Bertz CT molecular complexity index is 585. The Morgan fingerprint density at radius 1 is 1.25 bits per heavy atom. The zero-order valence-corrected chi connectivity index (χ0v) is 12.5. The second-order valence-corrected chi connectivity index (χ2v) is 5.95. The Balaban J connectivity index is 1.80. The molecule has 0 bridgehead atoms. The molecule has 1 aliphatic carbocycles. The molecule has 1 fully saturated rings. The molecule has 0 amide bonds. The second kappa shape index (κ2) is 5.88. The minimum absolute atomic E-state index is 0.578. The predicted octanol–water partition coefficient (Wildman–Crippen LogP) is 5.09. The van der Waals surface area contributed by atoms with Crippen LogP contribution in [0.3, 0.4) is 0 Å². The van der Waals surface area contributed by atoms with Gasteiger partial charge in [-0.15, -0.1) is 0 Å². The summed E-state index contributed by atoms with van der Waals surface area (Å²) in [5.74, 6) is 0.914. The van der Waals surface area contributed by atoms with Gasteiger partial charge >= 0.3 is 0 Å². The lowest BCUT2D eigenvalue weighted by Crippen LogP contribution is -2.14. The van der Waals surface area contributed by atoms with Crippen molar-refractivity contribution < 1.29 is 0 Å². The van der Waals surface area contributed by atoms with Crippen LogP contribution in [0.4, 0.5) is 11.6 Å². The maximum absolute atomic E-state index is 6.18. The first-order valence-electron chi connectivity index (χ1n) is 7.30. The van der Waals surface area contributed by atoms with E-state index in [0.717, 1.165) is 22.2 Å². The number of hydrogen-bond donors (Lipinski definition) is 1. The van der Waals surface area contributed by atoms with E-state index in [2.05, 4.69) is 21.1 Å². The van der Waals surface area contributed by atoms with Crippen LogP contribution < -0.4 is 5.32 Å². The van der Waals surface area contributed by atoms with Gasteiger partial charge < -0.3 is 9.88 Å². The fraction of sp³-hybridized carbons (Fsp3) is 0.438. The average molecular weight is 290 g/mol. The molecule has 2 aromatic rings. The summed E-state index contributed by atoms with van der Waals surface area (Å²) in [5.41, 5.74) is 2.08. The van der Waals surface area contributed by atoms with Crippen molar-refractivity contribution in [3.8, 4) is 0 Å². The third-order valence-electron chi connectivity index (χ3n) is 4.06. The first kappa shape index (κ1) is 13.5. The van der Waals surface area contributed by atoms with Gasteiger partial charge in [-0.05, 0) is 37.5 Å². The zero-order valence-electron chi connectivity index (χ0n) is 11.8. The highest BCUT2D eigenvalue weighted by atomic mass is 35.5. The average Bonchev–Trinajstić information content (AvgIpc) is 2.92. The largest absolute Gasteiger partial charge is 0.326 e. The summed E-state index contributed by atoms with van der Waals surface area (Å²) in [5, 5.41) is 4.17. The zero-order chi connectivity index (χ0) is 13.9. The van der Waals surface area contributed by atoms with E-state index in [1.54, 1.807) is 0 Å². The Morgan fingerprint density at radius 2 is 2.05 bits per heavy atom. The van der Waals surface area contributed by atoms with E-state index < -0.39 is 0 Å². The summed E-state index contributed by atoms with van der Waals surface area (Å²) in [6.45, 7) is 2.01. The van der Waals surface area contributed by atoms with Gasteiger partial charge in [0, 0.05) is 29.1 Å². The van der Waals surface area contributed by atoms with Crippen molar-refractivity contribution in [2.24, 2.45) is 0 Å². The van der Waals surface area contributed by atoms with E-state index in [1.165, 1.54) is 32.1 Å². The van der Waals surface area contributed by atoms with Gasteiger partial charge in [0.1, 0.15) is 0 Å². The number of rotatable bonds is 3. The summed E-state index contributed by atoms with van der Waals surface area (Å²) in [4.78, 5) is 4.45. The van der Waals surface area contributed by atoms with Crippen molar-refractivity contribution in [1.29, 1.82) is 0 Å². The van der Waals surface area contributed by atoms with Gasteiger partial charge in [0.05, 0.1) is 0 Å². The van der Waals surface area contributed by atoms with Crippen molar-refractivity contribution in [2.45, 2.75) is 45.1 Å². The molecule has 1 aliphatic rings. The molecule has 1 saturated carbocycles. The Hall–Kier alpha value is -1.48. The summed E-state index contributed by atoms with van der Waals surface area (Å²) in [7, 11) is 0. The monoisotopic (exact) mass is 289 g/mol. The molecule has 1 N–H and O–H groups in total. The fourth-order valence-electron chi connectivity index (χ4n) is 2.86. The number of benzene rings is 1. The number of halogens is 1. The molecule has 3 nitrogen and oxygen atoms in total. The van der Waals surface area contributed by atoms with Crippen LogP contribution in [-0.4, -0.2) is 9.55 Å². The van der Waals surface area contributed by atoms with Crippen molar-refractivity contribution >= 4 is 23.2 Å².